The van der Waals surface area contributed by atoms with E-state index in [1.807, 2.05) is 43.5 Å². The second-order valence-electron chi connectivity index (χ2n) is 9.49. The second kappa shape index (κ2) is 11.0. The maximum atomic E-state index is 12.9. The molecule has 9 nitrogen and oxygen atoms in total. The van der Waals surface area contributed by atoms with Gasteiger partial charge in [0.05, 0.1) is 19.9 Å². The number of aryl methyl sites for hydroxylation is 1. The van der Waals surface area contributed by atoms with Crippen LogP contribution in [-0.2, 0) is 19.7 Å². The lowest BCUT2D eigenvalue weighted by molar-refractivity contribution is 0.0929. The van der Waals surface area contributed by atoms with Crippen LogP contribution in [0.15, 0.2) is 42.6 Å². The van der Waals surface area contributed by atoms with Gasteiger partial charge >= 0.3 is 0 Å². The number of nitrogens with zero attached hydrogens (tertiary/aromatic N) is 4. The van der Waals surface area contributed by atoms with E-state index in [9.17, 15) is 4.79 Å². The Morgan fingerprint density at radius 2 is 2.08 bits per heavy atom. The molecule has 6 bridgehead atoms. The number of para-hydroxylation sites is 1. The van der Waals surface area contributed by atoms with Crippen molar-refractivity contribution < 1.29 is 19.0 Å². The molecule has 2 aliphatic rings. The van der Waals surface area contributed by atoms with Gasteiger partial charge in [0.15, 0.2) is 11.5 Å². The Balaban J connectivity index is 1.41. The van der Waals surface area contributed by atoms with Crippen LogP contribution in [0.4, 0.5) is 0 Å². The molecule has 190 valence electrons. The monoisotopic (exact) mass is 491 g/mol. The quantitative estimate of drug-likeness (QED) is 0.559. The Hall–Kier alpha value is -3.59. The Labute approximate surface area is 211 Å². The van der Waals surface area contributed by atoms with Gasteiger partial charge in [0, 0.05) is 30.8 Å². The van der Waals surface area contributed by atoms with Crippen molar-refractivity contribution in [3.05, 3.63) is 65.0 Å². The average Bonchev–Trinajstić information content (AvgIpc) is 3.35. The zero-order valence-electron chi connectivity index (χ0n) is 20.9. The lowest BCUT2D eigenvalue weighted by Gasteiger charge is -2.33. The van der Waals surface area contributed by atoms with E-state index in [0.29, 0.717) is 49.3 Å². The first-order valence-electron chi connectivity index (χ1n) is 12.5. The fourth-order valence-corrected chi connectivity index (χ4v) is 4.86. The molecule has 36 heavy (non-hydrogen) atoms. The first kappa shape index (κ1) is 24.1. The maximum absolute atomic E-state index is 12.9. The topological polar surface area (TPSA) is 90.7 Å². The van der Waals surface area contributed by atoms with E-state index in [2.05, 4.69) is 26.6 Å². The van der Waals surface area contributed by atoms with Crippen LogP contribution in [0.3, 0.4) is 0 Å². The molecule has 1 amide bonds. The zero-order chi connectivity index (χ0) is 24.9. The maximum Gasteiger partial charge on any atom is 0.251 e. The highest BCUT2D eigenvalue weighted by molar-refractivity contribution is 5.94. The summed E-state index contributed by atoms with van der Waals surface area (Å²) in [5.74, 6) is 2.45. The van der Waals surface area contributed by atoms with Crippen molar-refractivity contribution in [3.63, 3.8) is 0 Å². The number of carbonyl (C=O) groups is 1. The lowest BCUT2D eigenvalue weighted by Crippen LogP contribution is -2.40. The molecule has 2 aromatic carbocycles. The smallest absolute Gasteiger partial charge is 0.251 e. The fraction of sp³-hybridized carbons (Fsp3) is 0.444. The third-order valence-corrected chi connectivity index (χ3v) is 6.81. The van der Waals surface area contributed by atoms with Gasteiger partial charge in [-0.25, -0.2) is 4.68 Å². The SMILES string of the molecule is COc1cccc2c1OCc1cn(nn1)CCOc1cc(ccc1C)C(=O)NCC1CCCN(C2)C1. The van der Waals surface area contributed by atoms with Crippen LogP contribution >= 0.6 is 0 Å². The Morgan fingerprint density at radius 1 is 1.17 bits per heavy atom. The van der Waals surface area contributed by atoms with Crippen molar-refractivity contribution in [1.29, 1.82) is 0 Å². The molecule has 3 aromatic rings. The van der Waals surface area contributed by atoms with Crippen LogP contribution in [0, 0.1) is 12.8 Å². The van der Waals surface area contributed by atoms with Crippen LogP contribution in [0.2, 0.25) is 0 Å². The van der Waals surface area contributed by atoms with E-state index < -0.39 is 0 Å². The van der Waals surface area contributed by atoms with Gasteiger partial charge in [-0.2, -0.15) is 0 Å². The van der Waals surface area contributed by atoms with E-state index in [4.69, 9.17) is 14.2 Å². The van der Waals surface area contributed by atoms with Gasteiger partial charge in [-0.1, -0.05) is 23.4 Å². The van der Waals surface area contributed by atoms with Crippen LogP contribution in [0.1, 0.15) is 40.0 Å². The van der Waals surface area contributed by atoms with E-state index in [-0.39, 0.29) is 5.91 Å². The molecule has 1 N–H and O–H groups in total. The minimum atomic E-state index is -0.0734. The summed E-state index contributed by atoms with van der Waals surface area (Å²) in [4.78, 5) is 15.3. The third kappa shape index (κ3) is 5.62. The molecule has 1 saturated heterocycles. The normalized spacial score (nSPS) is 20.8. The predicted octanol–water partition coefficient (Wildman–Crippen LogP) is 3.21. The van der Waals surface area contributed by atoms with Gasteiger partial charge in [0.2, 0.25) is 0 Å². The van der Waals surface area contributed by atoms with E-state index in [1.54, 1.807) is 11.8 Å². The molecule has 3 heterocycles. The van der Waals surface area contributed by atoms with E-state index in [1.165, 1.54) is 0 Å². The number of hydrogen-bond donors (Lipinski definition) is 1. The summed E-state index contributed by atoms with van der Waals surface area (Å²) in [5.41, 5.74) is 3.39. The number of amides is 1. The number of carbonyl (C=O) groups excluding carboxylic acids is 1. The van der Waals surface area contributed by atoms with Crippen molar-refractivity contribution in [1.82, 2.24) is 25.2 Å². The highest BCUT2D eigenvalue weighted by Crippen LogP contribution is 2.33. The van der Waals surface area contributed by atoms with Crippen molar-refractivity contribution in [3.8, 4) is 17.2 Å². The van der Waals surface area contributed by atoms with Crippen molar-refractivity contribution in [2.45, 2.75) is 39.5 Å². The second-order valence-corrected chi connectivity index (χ2v) is 9.49. The Morgan fingerprint density at radius 3 is 2.97 bits per heavy atom. The molecule has 0 saturated carbocycles. The molecule has 2 aliphatic heterocycles. The van der Waals surface area contributed by atoms with Gasteiger partial charge in [-0.05, 0) is 56.0 Å². The zero-order valence-corrected chi connectivity index (χ0v) is 20.9. The molecule has 9 heteroatoms. The van der Waals surface area contributed by atoms with E-state index >= 15 is 0 Å². The van der Waals surface area contributed by atoms with Crippen molar-refractivity contribution >= 4 is 5.91 Å². The molecule has 5 rings (SSSR count). The van der Waals surface area contributed by atoms with Crippen molar-refractivity contribution in [2.75, 3.05) is 33.4 Å². The number of nitrogens with one attached hydrogen (secondary N) is 1. The van der Waals surface area contributed by atoms with Gasteiger partial charge in [0.25, 0.3) is 5.91 Å². The van der Waals surface area contributed by atoms with Crippen LogP contribution in [-0.4, -0.2) is 59.2 Å². The van der Waals surface area contributed by atoms with E-state index in [0.717, 1.165) is 55.0 Å². The molecule has 2 unspecified atom stereocenters. The van der Waals surface area contributed by atoms with Crippen LogP contribution < -0.4 is 19.5 Å². The molecule has 2 atom stereocenters. The van der Waals surface area contributed by atoms with Gasteiger partial charge in [-0.3, -0.25) is 9.69 Å². The van der Waals surface area contributed by atoms with Gasteiger partial charge in [0.1, 0.15) is 24.7 Å². The summed E-state index contributed by atoms with van der Waals surface area (Å²) in [6.45, 7) is 6.52. The lowest BCUT2D eigenvalue weighted by atomic mass is 9.97. The minimum absolute atomic E-state index is 0.0734. The minimum Gasteiger partial charge on any atom is -0.493 e. The number of piperidine rings is 1. The molecule has 0 aliphatic carbocycles. The number of aromatic nitrogens is 3. The Kier molecular flexibility index (Phi) is 7.36. The molecule has 0 radical (unpaired) electrons. The summed E-state index contributed by atoms with van der Waals surface area (Å²) in [6, 6.07) is 11.6. The number of fused-ring (bicyclic) bond motifs is 7. The summed E-state index contributed by atoms with van der Waals surface area (Å²) >= 11 is 0. The fourth-order valence-electron chi connectivity index (χ4n) is 4.86. The van der Waals surface area contributed by atoms with Crippen LogP contribution in [0.25, 0.3) is 0 Å². The van der Waals surface area contributed by atoms with Crippen LogP contribution in [0.5, 0.6) is 17.2 Å². The van der Waals surface area contributed by atoms with Gasteiger partial charge < -0.3 is 19.5 Å². The summed E-state index contributed by atoms with van der Waals surface area (Å²) in [6.07, 6.45) is 4.05. The third-order valence-electron chi connectivity index (χ3n) is 6.81. The van der Waals surface area contributed by atoms with Crippen molar-refractivity contribution in [2.24, 2.45) is 5.92 Å². The predicted molar refractivity (Wildman–Crippen MR) is 134 cm³/mol. The summed E-state index contributed by atoms with van der Waals surface area (Å²) in [5, 5.41) is 11.6. The summed E-state index contributed by atoms with van der Waals surface area (Å²) < 4.78 is 19.6. The molecule has 1 fully saturated rings. The number of ether oxygens (including phenoxy) is 3. The highest BCUT2D eigenvalue weighted by atomic mass is 16.5. The van der Waals surface area contributed by atoms with Gasteiger partial charge in [-0.15, -0.1) is 5.10 Å². The molecular formula is C27H33N5O4. The summed E-state index contributed by atoms with van der Waals surface area (Å²) in [7, 11) is 1.66. The molecular weight excluding hydrogens is 458 g/mol. The standard InChI is InChI=1S/C27H33N5O4/c1-19-8-9-21-13-25(19)35-12-11-32-17-23(29-30-32)18-36-26-22(6-3-7-24(26)34-2)16-31-10-4-5-20(15-31)14-28-27(21)33/h3,6-9,13,17,20H,4-5,10-12,14-16,18H2,1-2H3,(H,28,33). The number of hydrogen-bond acceptors (Lipinski definition) is 7. The highest BCUT2D eigenvalue weighted by Gasteiger charge is 2.23. The molecule has 1 aromatic heterocycles. The first-order chi connectivity index (χ1) is 17.6. The Bertz CT molecular complexity index is 1210. The number of methoxy groups -OCH3 is 1. The first-order valence-corrected chi connectivity index (χ1v) is 12.5. The average molecular weight is 492 g/mol. The molecule has 0 spiro atoms. The number of rotatable bonds is 1. The number of benzene rings is 2. The largest absolute Gasteiger partial charge is 0.493 e.